The molecule has 3 fully saturated rings. The van der Waals surface area contributed by atoms with Crippen LogP contribution in [0.15, 0.2) is 0 Å². The van der Waals surface area contributed by atoms with E-state index in [2.05, 4.69) is 13.8 Å². The van der Waals surface area contributed by atoms with Gasteiger partial charge in [0, 0.05) is 37.0 Å². The Morgan fingerprint density at radius 3 is 2.08 bits per heavy atom. The average molecular weight is 336 g/mol. The van der Waals surface area contributed by atoms with Gasteiger partial charge in [-0.3, -0.25) is 4.79 Å². The zero-order chi connectivity index (χ0) is 17.7. The Balaban J connectivity index is 1.59. The summed E-state index contributed by atoms with van der Waals surface area (Å²) in [5, 5.41) is 0. The molecule has 1 saturated carbocycles. The van der Waals surface area contributed by atoms with E-state index in [9.17, 15) is 9.59 Å². The SMILES string of the molecule is CC(C)(C)OC(=O)N1CC(C)(C)[C@@H]1C1CCN(C(=O)C2CC2)CC1. The van der Waals surface area contributed by atoms with Crippen LogP contribution < -0.4 is 0 Å². The molecular formula is C19H32N2O3. The Morgan fingerprint density at radius 2 is 1.62 bits per heavy atom. The smallest absolute Gasteiger partial charge is 0.410 e. The zero-order valence-corrected chi connectivity index (χ0v) is 15.8. The van der Waals surface area contributed by atoms with Crippen molar-refractivity contribution in [1.29, 1.82) is 0 Å². The summed E-state index contributed by atoms with van der Waals surface area (Å²) in [6, 6.07) is 0.227. The number of nitrogens with zero attached hydrogens (tertiary/aromatic N) is 2. The van der Waals surface area contributed by atoms with Crippen LogP contribution in [0.3, 0.4) is 0 Å². The fourth-order valence-corrected chi connectivity index (χ4v) is 4.36. The lowest BCUT2D eigenvalue weighted by atomic mass is 9.67. The van der Waals surface area contributed by atoms with Gasteiger partial charge in [-0.05, 0) is 52.4 Å². The Morgan fingerprint density at radius 1 is 1.04 bits per heavy atom. The van der Waals surface area contributed by atoms with Crippen molar-refractivity contribution >= 4 is 12.0 Å². The first-order valence-electron chi connectivity index (χ1n) is 9.37. The molecule has 2 aliphatic heterocycles. The average Bonchev–Trinajstić information content (AvgIpc) is 3.28. The van der Waals surface area contributed by atoms with Crippen LogP contribution in [-0.4, -0.2) is 53.1 Å². The standard InChI is InChI=1S/C19H32N2O3/c1-18(2,3)24-17(23)21-12-19(4,5)15(21)13-8-10-20(11-9-13)16(22)14-6-7-14/h13-15H,6-12H2,1-5H3/t15-/m0/s1. The molecule has 0 aromatic carbocycles. The number of hydrogen-bond acceptors (Lipinski definition) is 3. The Labute approximate surface area is 145 Å². The molecule has 1 aliphatic carbocycles. The molecular weight excluding hydrogens is 304 g/mol. The second-order valence-corrected chi connectivity index (χ2v) is 9.48. The number of likely N-dealkylation sites (tertiary alicyclic amines) is 2. The van der Waals surface area contributed by atoms with Gasteiger partial charge >= 0.3 is 6.09 Å². The van der Waals surface area contributed by atoms with E-state index in [0.717, 1.165) is 45.3 Å². The predicted molar refractivity (Wildman–Crippen MR) is 92.5 cm³/mol. The van der Waals surface area contributed by atoms with Crippen molar-refractivity contribution in [2.45, 2.75) is 71.9 Å². The molecule has 0 radical (unpaired) electrons. The molecule has 0 bridgehead atoms. The maximum absolute atomic E-state index is 12.5. The van der Waals surface area contributed by atoms with Gasteiger partial charge in [0.1, 0.15) is 5.60 Å². The van der Waals surface area contributed by atoms with Crippen LogP contribution in [0.5, 0.6) is 0 Å². The molecule has 2 saturated heterocycles. The molecule has 0 aromatic rings. The summed E-state index contributed by atoms with van der Waals surface area (Å²) in [7, 11) is 0. The minimum absolute atomic E-state index is 0.129. The maximum atomic E-state index is 12.5. The summed E-state index contributed by atoms with van der Waals surface area (Å²) >= 11 is 0. The van der Waals surface area contributed by atoms with Crippen LogP contribution in [0, 0.1) is 17.3 Å². The van der Waals surface area contributed by atoms with Crippen LogP contribution >= 0.6 is 0 Å². The van der Waals surface area contributed by atoms with E-state index in [1.807, 2.05) is 30.6 Å². The van der Waals surface area contributed by atoms with Gasteiger partial charge in [-0.2, -0.15) is 0 Å². The molecule has 3 rings (SSSR count). The highest BCUT2D eigenvalue weighted by Crippen LogP contribution is 2.45. The van der Waals surface area contributed by atoms with Gasteiger partial charge in [0.05, 0.1) is 0 Å². The van der Waals surface area contributed by atoms with E-state index in [-0.39, 0.29) is 17.6 Å². The van der Waals surface area contributed by atoms with Crippen molar-refractivity contribution in [3.8, 4) is 0 Å². The summed E-state index contributed by atoms with van der Waals surface area (Å²) in [6.45, 7) is 12.6. The minimum Gasteiger partial charge on any atom is -0.444 e. The molecule has 5 heteroatoms. The summed E-state index contributed by atoms with van der Waals surface area (Å²) in [5.74, 6) is 1.12. The molecule has 0 N–H and O–H groups in total. The molecule has 1 atom stereocenters. The Kier molecular flexibility index (Phi) is 4.33. The van der Waals surface area contributed by atoms with Crippen LogP contribution in [0.2, 0.25) is 0 Å². The topological polar surface area (TPSA) is 49.9 Å². The van der Waals surface area contributed by atoms with Crippen molar-refractivity contribution in [2.75, 3.05) is 19.6 Å². The van der Waals surface area contributed by atoms with Gasteiger partial charge in [-0.1, -0.05) is 13.8 Å². The van der Waals surface area contributed by atoms with Crippen molar-refractivity contribution in [3.05, 3.63) is 0 Å². The number of carbonyl (C=O) groups excluding carboxylic acids is 2. The number of amides is 2. The number of ether oxygens (including phenoxy) is 1. The van der Waals surface area contributed by atoms with Crippen molar-refractivity contribution in [1.82, 2.24) is 9.80 Å². The second-order valence-electron chi connectivity index (χ2n) is 9.48. The van der Waals surface area contributed by atoms with Crippen LogP contribution in [0.1, 0.15) is 60.3 Å². The Bertz CT molecular complexity index is 511. The third kappa shape index (κ3) is 3.55. The third-order valence-electron chi connectivity index (χ3n) is 5.57. The molecule has 2 heterocycles. The first kappa shape index (κ1) is 17.6. The zero-order valence-electron chi connectivity index (χ0n) is 15.8. The number of carbonyl (C=O) groups is 2. The summed E-state index contributed by atoms with van der Waals surface area (Å²) in [4.78, 5) is 28.7. The summed E-state index contributed by atoms with van der Waals surface area (Å²) < 4.78 is 5.58. The van der Waals surface area contributed by atoms with E-state index >= 15 is 0 Å². The van der Waals surface area contributed by atoms with Crippen molar-refractivity contribution in [2.24, 2.45) is 17.3 Å². The largest absolute Gasteiger partial charge is 0.444 e. The lowest BCUT2D eigenvalue weighted by Gasteiger charge is -2.58. The van der Waals surface area contributed by atoms with Gasteiger partial charge in [-0.25, -0.2) is 4.79 Å². The first-order valence-corrected chi connectivity index (χ1v) is 9.37. The highest BCUT2D eigenvalue weighted by atomic mass is 16.6. The van der Waals surface area contributed by atoms with E-state index in [1.165, 1.54) is 0 Å². The highest BCUT2D eigenvalue weighted by molar-refractivity contribution is 5.81. The van der Waals surface area contributed by atoms with E-state index in [0.29, 0.717) is 17.7 Å². The fourth-order valence-electron chi connectivity index (χ4n) is 4.36. The second kappa shape index (κ2) is 5.92. The van der Waals surface area contributed by atoms with Gasteiger partial charge < -0.3 is 14.5 Å². The normalized spacial score (nSPS) is 27.6. The van der Waals surface area contributed by atoms with E-state index < -0.39 is 5.60 Å². The molecule has 0 aromatic heterocycles. The van der Waals surface area contributed by atoms with Gasteiger partial charge in [0.15, 0.2) is 0 Å². The predicted octanol–water partition coefficient (Wildman–Crippen LogP) is 3.28. The van der Waals surface area contributed by atoms with Gasteiger partial charge in [0.2, 0.25) is 5.91 Å². The highest BCUT2D eigenvalue weighted by Gasteiger charge is 2.53. The quantitative estimate of drug-likeness (QED) is 0.777. The molecule has 24 heavy (non-hydrogen) atoms. The minimum atomic E-state index is -0.457. The van der Waals surface area contributed by atoms with Crippen LogP contribution in [-0.2, 0) is 9.53 Å². The van der Waals surface area contributed by atoms with Crippen molar-refractivity contribution in [3.63, 3.8) is 0 Å². The summed E-state index contributed by atoms with van der Waals surface area (Å²) in [6.07, 6.45) is 3.93. The number of piperidine rings is 1. The maximum Gasteiger partial charge on any atom is 0.410 e. The lowest BCUT2D eigenvalue weighted by Crippen LogP contribution is -2.68. The lowest BCUT2D eigenvalue weighted by molar-refractivity contribution is -0.136. The molecule has 0 unspecified atom stereocenters. The van der Waals surface area contributed by atoms with E-state index in [4.69, 9.17) is 4.74 Å². The number of hydrogen-bond donors (Lipinski definition) is 0. The molecule has 136 valence electrons. The van der Waals surface area contributed by atoms with Crippen molar-refractivity contribution < 1.29 is 14.3 Å². The molecule has 2 amide bonds. The monoisotopic (exact) mass is 336 g/mol. The van der Waals surface area contributed by atoms with Crippen LogP contribution in [0.25, 0.3) is 0 Å². The third-order valence-corrected chi connectivity index (χ3v) is 5.57. The molecule has 3 aliphatic rings. The van der Waals surface area contributed by atoms with Crippen LogP contribution in [0.4, 0.5) is 4.79 Å². The summed E-state index contributed by atoms with van der Waals surface area (Å²) in [5.41, 5.74) is -0.328. The van der Waals surface area contributed by atoms with Gasteiger partial charge in [0.25, 0.3) is 0 Å². The fraction of sp³-hybridized carbons (Fsp3) is 0.895. The van der Waals surface area contributed by atoms with Gasteiger partial charge in [-0.15, -0.1) is 0 Å². The molecule has 5 nitrogen and oxygen atoms in total. The number of rotatable bonds is 2. The molecule has 0 spiro atoms. The first-order chi connectivity index (χ1) is 11.1. The Hall–Kier alpha value is -1.26. The van der Waals surface area contributed by atoms with E-state index in [1.54, 1.807) is 0 Å².